The quantitative estimate of drug-likeness (QED) is 0.705. The van der Waals surface area contributed by atoms with Crippen molar-refractivity contribution in [3.8, 4) is 0 Å². The molecule has 0 spiro atoms. The van der Waals surface area contributed by atoms with Gasteiger partial charge in [0.05, 0.1) is 19.8 Å². The molecular weight excluding hydrogens is 236 g/mol. The average molecular weight is 258 g/mol. The van der Waals surface area contributed by atoms with Crippen molar-refractivity contribution in [2.45, 2.75) is 38.8 Å². The maximum Gasteiger partial charge on any atom is 0.323 e. The second kappa shape index (κ2) is 7.33. The summed E-state index contributed by atoms with van der Waals surface area (Å²) in [5.41, 5.74) is 0. The van der Waals surface area contributed by atoms with Crippen molar-refractivity contribution in [3.63, 3.8) is 0 Å². The Morgan fingerprint density at radius 2 is 2.28 bits per heavy atom. The van der Waals surface area contributed by atoms with E-state index in [1.165, 1.54) is 0 Å². The van der Waals surface area contributed by atoms with Crippen LogP contribution in [0.5, 0.6) is 0 Å². The zero-order valence-corrected chi connectivity index (χ0v) is 11.0. The van der Waals surface area contributed by atoms with E-state index in [-0.39, 0.29) is 25.1 Å². The van der Waals surface area contributed by atoms with Gasteiger partial charge in [0.2, 0.25) is 5.91 Å². The maximum absolute atomic E-state index is 11.8. The lowest BCUT2D eigenvalue weighted by molar-refractivity contribution is -0.150. The Labute approximate surface area is 107 Å². The fourth-order valence-electron chi connectivity index (χ4n) is 2.06. The van der Waals surface area contributed by atoms with Crippen LogP contribution in [-0.4, -0.2) is 60.3 Å². The van der Waals surface area contributed by atoms with Crippen LogP contribution in [0.25, 0.3) is 0 Å². The van der Waals surface area contributed by atoms with Crippen molar-refractivity contribution in [3.05, 3.63) is 0 Å². The molecule has 0 aromatic carbocycles. The SMILES string of the molecule is CCCC(C)NC(=O)CN1CCOCC1C(=O)O. The third kappa shape index (κ3) is 4.62. The molecule has 0 saturated carbocycles. The first kappa shape index (κ1) is 14.9. The van der Waals surface area contributed by atoms with Crippen LogP contribution >= 0.6 is 0 Å². The van der Waals surface area contributed by atoms with E-state index in [4.69, 9.17) is 9.84 Å². The minimum Gasteiger partial charge on any atom is -0.480 e. The maximum atomic E-state index is 11.8. The lowest BCUT2D eigenvalue weighted by Gasteiger charge is -2.32. The Morgan fingerprint density at radius 3 is 2.89 bits per heavy atom. The predicted molar refractivity (Wildman–Crippen MR) is 66.3 cm³/mol. The monoisotopic (exact) mass is 258 g/mol. The summed E-state index contributed by atoms with van der Waals surface area (Å²) in [6.07, 6.45) is 1.94. The van der Waals surface area contributed by atoms with Gasteiger partial charge in [-0.15, -0.1) is 0 Å². The summed E-state index contributed by atoms with van der Waals surface area (Å²) in [4.78, 5) is 24.4. The van der Waals surface area contributed by atoms with Gasteiger partial charge in [-0.2, -0.15) is 0 Å². The Kier molecular flexibility index (Phi) is 6.07. The Morgan fingerprint density at radius 1 is 1.56 bits per heavy atom. The molecule has 2 N–H and O–H groups in total. The number of hydrogen-bond donors (Lipinski definition) is 2. The first-order chi connectivity index (χ1) is 8.54. The normalized spacial score (nSPS) is 22.4. The first-order valence-corrected chi connectivity index (χ1v) is 6.38. The van der Waals surface area contributed by atoms with E-state index >= 15 is 0 Å². The van der Waals surface area contributed by atoms with Gasteiger partial charge in [-0.25, -0.2) is 0 Å². The highest BCUT2D eigenvalue weighted by molar-refractivity contribution is 5.80. The molecule has 6 heteroatoms. The molecule has 0 aliphatic carbocycles. The van der Waals surface area contributed by atoms with Crippen LogP contribution in [0.2, 0.25) is 0 Å². The van der Waals surface area contributed by atoms with Gasteiger partial charge < -0.3 is 15.2 Å². The standard InChI is InChI=1S/C12H22N2O4/c1-3-4-9(2)13-11(15)7-14-5-6-18-8-10(14)12(16)17/h9-10H,3-8H2,1-2H3,(H,13,15)(H,16,17). The lowest BCUT2D eigenvalue weighted by Crippen LogP contribution is -2.53. The van der Waals surface area contributed by atoms with E-state index in [9.17, 15) is 9.59 Å². The molecule has 0 radical (unpaired) electrons. The van der Waals surface area contributed by atoms with Gasteiger partial charge >= 0.3 is 5.97 Å². The fraction of sp³-hybridized carbons (Fsp3) is 0.833. The van der Waals surface area contributed by atoms with Gasteiger partial charge in [-0.05, 0) is 13.3 Å². The Hall–Kier alpha value is -1.14. The second-order valence-electron chi connectivity index (χ2n) is 4.66. The highest BCUT2D eigenvalue weighted by Gasteiger charge is 2.30. The molecule has 1 fully saturated rings. The smallest absolute Gasteiger partial charge is 0.323 e. The van der Waals surface area contributed by atoms with Gasteiger partial charge in [0, 0.05) is 12.6 Å². The number of rotatable bonds is 6. The van der Waals surface area contributed by atoms with Crippen molar-refractivity contribution in [1.82, 2.24) is 10.2 Å². The van der Waals surface area contributed by atoms with Crippen molar-refractivity contribution >= 4 is 11.9 Å². The number of aliphatic carboxylic acids is 1. The number of carbonyl (C=O) groups is 2. The lowest BCUT2D eigenvalue weighted by atomic mass is 10.2. The van der Waals surface area contributed by atoms with Crippen LogP contribution in [0.1, 0.15) is 26.7 Å². The fourth-order valence-corrected chi connectivity index (χ4v) is 2.06. The number of nitrogens with one attached hydrogen (secondary N) is 1. The Balaban J connectivity index is 2.43. The van der Waals surface area contributed by atoms with Crippen molar-refractivity contribution in [1.29, 1.82) is 0 Å². The summed E-state index contributed by atoms with van der Waals surface area (Å²) in [5.74, 6) is -1.06. The number of morpholine rings is 1. The number of carboxylic acids is 1. The van der Waals surface area contributed by atoms with Gasteiger partial charge in [-0.1, -0.05) is 13.3 Å². The molecule has 6 nitrogen and oxygen atoms in total. The van der Waals surface area contributed by atoms with Crippen LogP contribution in [-0.2, 0) is 14.3 Å². The summed E-state index contributed by atoms with van der Waals surface area (Å²) in [6, 6.07) is -0.585. The molecule has 0 bridgehead atoms. The summed E-state index contributed by atoms with van der Waals surface area (Å²) >= 11 is 0. The van der Waals surface area contributed by atoms with E-state index in [2.05, 4.69) is 12.2 Å². The van der Waals surface area contributed by atoms with Crippen molar-refractivity contribution < 1.29 is 19.4 Å². The van der Waals surface area contributed by atoms with Gasteiger partial charge in [0.25, 0.3) is 0 Å². The predicted octanol–water partition coefficient (Wildman–Crippen LogP) is 0.0766. The van der Waals surface area contributed by atoms with Crippen LogP contribution in [0.15, 0.2) is 0 Å². The molecule has 1 heterocycles. The molecule has 1 amide bonds. The molecule has 1 aliphatic rings. The summed E-state index contributed by atoms with van der Waals surface area (Å²) in [7, 11) is 0. The zero-order valence-electron chi connectivity index (χ0n) is 11.0. The molecule has 0 aromatic rings. The number of hydrogen-bond acceptors (Lipinski definition) is 4. The van der Waals surface area contributed by atoms with E-state index in [0.717, 1.165) is 12.8 Å². The number of carboxylic acid groups (broad SMARTS) is 1. The van der Waals surface area contributed by atoms with Crippen LogP contribution in [0.4, 0.5) is 0 Å². The van der Waals surface area contributed by atoms with E-state index in [1.54, 1.807) is 4.90 Å². The average Bonchev–Trinajstić information content (AvgIpc) is 2.29. The molecule has 1 rings (SSSR count). The minimum atomic E-state index is -0.941. The van der Waals surface area contributed by atoms with E-state index < -0.39 is 12.0 Å². The largest absolute Gasteiger partial charge is 0.480 e. The van der Waals surface area contributed by atoms with Crippen LogP contribution in [0.3, 0.4) is 0 Å². The number of ether oxygens (including phenoxy) is 1. The van der Waals surface area contributed by atoms with Gasteiger partial charge in [0.15, 0.2) is 0 Å². The summed E-state index contributed by atoms with van der Waals surface area (Å²) in [5, 5.41) is 11.9. The van der Waals surface area contributed by atoms with Crippen molar-refractivity contribution in [2.75, 3.05) is 26.3 Å². The van der Waals surface area contributed by atoms with Crippen molar-refractivity contribution in [2.24, 2.45) is 0 Å². The molecule has 1 saturated heterocycles. The number of amides is 1. The molecule has 1 aliphatic heterocycles. The molecule has 104 valence electrons. The number of nitrogens with zero attached hydrogens (tertiary/aromatic N) is 1. The van der Waals surface area contributed by atoms with E-state index in [1.807, 2.05) is 6.92 Å². The topological polar surface area (TPSA) is 78.9 Å². The molecular formula is C12H22N2O4. The Bertz CT molecular complexity index is 296. The first-order valence-electron chi connectivity index (χ1n) is 6.38. The second-order valence-corrected chi connectivity index (χ2v) is 4.66. The summed E-state index contributed by atoms with van der Waals surface area (Å²) < 4.78 is 5.12. The zero-order chi connectivity index (χ0) is 13.5. The molecule has 2 atom stereocenters. The van der Waals surface area contributed by atoms with Gasteiger partial charge in [-0.3, -0.25) is 14.5 Å². The van der Waals surface area contributed by atoms with E-state index in [0.29, 0.717) is 13.2 Å². The molecule has 2 unspecified atom stereocenters. The third-order valence-corrected chi connectivity index (χ3v) is 3.00. The molecule has 18 heavy (non-hydrogen) atoms. The van der Waals surface area contributed by atoms with Crippen LogP contribution < -0.4 is 5.32 Å². The highest BCUT2D eigenvalue weighted by Crippen LogP contribution is 2.07. The highest BCUT2D eigenvalue weighted by atomic mass is 16.5. The third-order valence-electron chi connectivity index (χ3n) is 3.00. The number of carbonyl (C=O) groups excluding carboxylic acids is 1. The summed E-state index contributed by atoms with van der Waals surface area (Å²) in [6.45, 7) is 5.23. The molecule has 0 aromatic heterocycles. The minimum absolute atomic E-state index is 0.119. The van der Waals surface area contributed by atoms with Gasteiger partial charge in [0.1, 0.15) is 6.04 Å². The van der Waals surface area contributed by atoms with Crippen LogP contribution in [0, 0.1) is 0 Å².